The largest absolute Gasteiger partial charge is 0.493 e. The summed E-state index contributed by atoms with van der Waals surface area (Å²) in [7, 11) is 1.57. The summed E-state index contributed by atoms with van der Waals surface area (Å²) in [5, 5.41) is 3.90. The minimum Gasteiger partial charge on any atom is -0.493 e. The first-order chi connectivity index (χ1) is 14.2. The molecule has 3 heterocycles. The molecule has 0 unspecified atom stereocenters. The third-order valence-corrected chi connectivity index (χ3v) is 5.53. The van der Waals surface area contributed by atoms with Crippen molar-refractivity contribution in [2.75, 3.05) is 12.4 Å². The molecule has 1 aliphatic carbocycles. The number of aryl methyl sites for hydroxylation is 1. The van der Waals surface area contributed by atoms with Crippen LogP contribution in [0.25, 0.3) is 22.4 Å². The summed E-state index contributed by atoms with van der Waals surface area (Å²) in [6.07, 6.45) is 5.52. The molecule has 0 atom stereocenters. The van der Waals surface area contributed by atoms with E-state index in [4.69, 9.17) is 20.8 Å². The lowest BCUT2D eigenvalue weighted by molar-refractivity contribution is 0.0973. The number of nitrogens with zero attached hydrogens (tertiary/aromatic N) is 1. The van der Waals surface area contributed by atoms with Gasteiger partial charge < -0.3 is 19.5 Å². The number of ketones is 1. The average molecular weight is 408 g/mol. The summed E-state index contributed by atoms with van der Waals surface area (Å²) in [6, 6.07) is 9.18. The van der Waals surface area contributed by atoms with Crippen LogP contribution in [-0.2, 0) is 6.42 Å². The lowest BCUT2D eigenvalue weighted by atomic mass is 9.95. The van der Waals surface area contributed by atoms with Crippen LogP contribution in [0.15, 0.2) is 47.2 Å². The van der Waals surface area contributed by atoms with Crippen molar-refractivity contribution in [3.63, 3.8) is 0 Å². The first kappa shape index (κ1) is 17.8. The Morgan fingerprint density at radius 1 is 1.24 bits per heavy atom. The number of benzene rings is 1. The first-order valence-corrected chi connectivity index (χ1v) is 9.75. The zero-order valence-electron chi connectivity index (χ0n) is 15.7. The summed E-state index contributed by atoms with van der Waals surface area (Å²) in [4.78, 5) is 20.6. The Morgan fingerprint density at radius 3 is 3.00 bits per heavy atom. The van der Waals surface area contributed by atoms with E-state index in [1.54, 1.807) is 25.6 Å². The Bertz CT molecular complexity index is 1240. The zero-order chi connectivity index (χ0) is 20.0. The van der Waals surface area contributed by atoms with Gasteiger partial charge in [-0.25, -0.2) is 0 Å². The maximum absolute atomic E-state index is 12.8. The molecule has 5 rings (SSSR count). The van der Waals surface area contributed by atoms with Gasteiger partial charge in [0.15, 0.2) is 17.1 Å². The van der Waals surface area contributed by atoms with Gasteiger partial charge in [-0.1, -0.05) is 17.7 Å². The van der Waals surface area contributed by atoms with Crippen LogP contribution < -0.4 is 10.1 Å². The van der Waals surface area contributed by atoms with Crippen LogP contribution in [-0.4, -0.2) is 22.9 Å². The smallest absolute Gasteiger partial charge is 0.166 e. The normalized spacial score (nSPS) is 13.5. The number of aromatic amines is 1. The summed E-state index contributed by atoms with van der Waals surface area (Å²) >= 11 is 6.30. The highest BCUT2D eigenvalue weighted by atomic mass is 35.5. The van der Waals surface area contributed by atoms with Gasteiger partial charge >= 0.3 is 0 Å². The minimum atomic E-state index is 0.113. The molecule has 2 N–H and O–H groups in total. The van der Waals surface area contributed by atoms with E-state index in [9.17, 15) is 4.79 Å². The van der Waals surface area contributed by atoms with Gasteiger partial charge in [-0.05, 0) is 31.0 Å². The quantitative estimate of drug-likeness (QED) is 0.450. The fraction of sp³-hybridized carbons (Fsp3) is 0.182. The van der Waals surface area contributed by atoms with Crippen LogP contribution in [0.4, 0.5) is 11.4 Å². The van der Waals surface area contributed by atoms with E-state index in [2.05, 4.69) is 15.3 Å². The molecule has 3 aromatic heterocycles. The van der Waals surface area contributed by atoms with Crippen molar-refractivity contribution in [2.45, 2.75) is 19.3 Å². The lowest BCUT2D eigenvalue weighted by Gasteiger charge is -2.16. The lowest BCUT2D eigenvalue weighted by Crippen LogP contribution is -2.11. The fourth-order valence-corrected chi connectivity index (χ4v) is 4.20. The van der Waals surface area contributed by atoms with Crippen LogP contribution >= 0.6 is 11.6 Å². The molecule has 6 nitrogen and oxygen atoms in total. The molecule has 29 heavy (non-hydrogen) atoms. The number of Topliss-reactive ketones (excluding diaryl/α,β-unsaturated/α-hetero) is 1. The third-order valence-electron chi connectivity index (χ3n) is 5.23. The third kappa shape index (κ3) is 2.87. The highest BCUT2D eigenvalue weighted by molar-refractivity contribution is 6.32. The van der Waals surface area contributed by atoms with E-state index >= 15 is 0 Å². The van der Waals surface area contributed by atoms with E-state index in [-0.39, 0.29) is 5.78 Å². The van der Waals surface area contributed by atoms with Crippen LogP contribution in [0, 0.1) is 0 Å². The van der Waals surface area contributed by atoms with Crippen molar-refractivity contribution >= 4 is 39.9 Å². The minimum absolute atomic E-state index is 0.113. The van der Waals surface area contributed by atoms with Crippen LogP contribution in [0.5, 0.6) is 5.75 Å². The summed E-state index contributed by atoms with van der Waals surface area (Å²) < 4.78 is 11.2. The maximum atomic E-state index is 12.8. The predicted molar refractivity (Wildman–Crippen MR) is 112 cm³/mol. The van der Waals surface area contributed by atoms with E-state index in [0.29, 0.717) is 39.7 Å². The number of rotatable bonds is 4. The van der Waals surface area contributed by atoms with Crippen molar-refractivity contribution < 1.29 is 13.9 Å². The molecule has 0 bridgehead atoms. The number of carbonyl (C=O) groups is 1. The number of furan rings is 1. The molecule has 1 aromatic carbocycles. The first-order valence-electron chi connectivity index (χ1n) is 9.37. The number of hydrogen-bond donors (Lipinski definition) is 2. The maximum Gasteiger partial charge on any atom is 0.166 e. The molecule has 4 aromatic rings. The van der Waals surface area contributed by atoms with Crippen molar-refractivity contribution in [2.24, 2.45) is 0 Å². The monoisotopic (exact) mass is 407 g/mol. The number of para-hydroxylation sites is 1. The molecule has 0 fully saturated rings. The van der Waals surface area contributed by atoms with Gasteiger partial charge in [-0.2, -0.15) is 0 Å². The molecule has 0 spiro atoms. The Kier molecular flexibility index (Phi) is 4.28. The van der Waals surface area contributed by atoms with Crippen LogP contribution in [0.3, 0.4) is 0 Å². The van der Waals surface area contributed by atoms with Crippen molar-refractivity contribution in [1.29, 1.82) is 0 Å². The topological polar surface area (TPSA) is 80.2 Å². The number of pyridine rings is 1. The Labute approximate surface area is 171 Å². The molecule has 0 amide bonds. The van der Waals surface area contributed by atoms with E-state index in [0.717, 1.165) is 35.3 Å². The molecule has 7 heteroatoms. The Balaban J connectivity index is 1.74. The molecule has 0 radical (unpaired) electrons. The number of carbonyl (C=O) groups excluding carboxylic acids is 1. The molecule has 0 aliphatic heterocycles. The molecular formula is C22H18ClN3O3. The Hall–Kier alpha value is -3.25. The number of ether oxygens (including phenoxy) is 1. The number of anilines is 2. The van der Waals surface area contributed by atoms with Crippen molar-refractivity contribution in [3.8, 4) is 17.0 Å². The fourth-order valence-electron chi connectivity index (χ4n) is 3.94. The highest BCUT2D eigenvalue weighted by Gasteiger charge is 2.28. The van der Waals surface area contributed by atoms with Gasteiger partial charge in [0.1, 0.15) is 5.52 Å². The molecule has 146 valence electrons. The second-order valence-corrected chi connectivity index (χ2v) is 7.35. The SMILES string of the molecule is COc1c(Cl)cccc1Nc1c(-c2ccnc3ccoc23)[nH]c2c1C(=O)CCC2. The number of fused-ring (bicyclic) bond motifs is 2. The number of methoxy groups -OCH3 is 1. The number of hydrogen-bond acceptors (Lipinski definition) is 5. The van der Waals surface area contributed by atoms with Gasteiger partial charge in [0, 0.05) is 29.9 Å². The molecule has 0 saturated heterocycles. The predicted octanol–water partition coefficient (Wildman–Crippen LogP) is 5.75. The van der Waals surface area contributed by atoms with Gasteiger partial charge in [0.05, 0.1) is 41.0 Å². The van der Waals surface area contributed by atoms with Gasteiger partial charge in [0.25, 0.3) is 0 Å². The van der Waals surface area contributed by atoms with Crippen LogP contribution in [0.2, 0.25) is 5.02 Å². The summed E-state index contributed by atoms with van der Waals surface area (Å²) in [6.45, 7) is 0. The van der Waals surface area contributed by atoms with Crippen molar-refractivity contribution in [1.82, 2.24) is 9.97 Å². The number of halogens is 1. The number of H-pyrrole nitrogens is 1. The van der Waals surface area contributed by atoms with Crippen LogP contribution in [0.1, 0.15) is 28.9 Å². The average Bonchev–Trinajstić information content (AvgIpc) is 3.34. The number of nitrogens with one attached hydrogen (secondary N) is 2. The van der Waals surface area contributed by atoms with E-state index < -0.39 is 0 Å². The zero-order valence-corrected chi connectivity index (χ0v) is 16.5. The highest BCUT2D eigenvalue weighted by Crippen LogP contribution is 2.43. The second-order valence-electron chi connectivity index (χ2n) is 6.94. The Morgan fingerprint density at radius 2 is 2.14 bits per heavy atom. The number of aromatic nitrogens is 2. The van der Waals surface area contributed by atoms with Gasteiger partial charge in [0.2, 0.25) is 0 Å². The van der Waals surface area contributed by atoms with E-state index in [1.165, 1.54) is 0 Å². The van der Waals surface area contributed by atoms with Gasteiger partial charge in [-0.15, -0.1) is 0 Å². The molecule has 0 saturated carbocycles. The molecule has 1 aliphatic rings. The standard InChI is InChI=1S/C22H18ClN3O3/c1-28-22-13(23)4-2-6-16(22)26-20-18-14(5-3-7-17(18)27)25-19(20)12-8-10-24-15-9-11-29-21(12)15/h2,4,6,8-11,25-26H,3,5,7H2,1H3. The van der Waals surface area contributed by atoms with Crippen molar-refractivity contribution in [3.05, 3.63) is 59.1 Å². The summed E-state index contributed by atoms with van der Waals surface area (Å²) in [5.74, 6) is 0.637. The summed E-state index contributed by atoms with van der Waals surface area (Å²) in [5.41, 5.74) is 6.05. The van der Waals surface area contributed by atoms with Gasteiger partial charge in [-0.3, -0.25) is 9.78 Å². The second kappa shape index (κ2) is 6.97. The molecular weight excluding hydrogens is 390 g/mol. The van der Waals surface area contributed by atoms with E-state index in [1.807, 2.05) is 24.3 Å².